The smallest absolute Gasteiger partial charge is 0.224 e. The maximum absolute atomic E-state index is 10.1. The van der Waals surface area contributed by atoms with Gasteiger partial charge in [-0.2, -0.15) is 9.97 Å². The first-order valence-electron chi connectivity index (χ1n) is 9.27. The molecule has 0 amide bonds. The Balaban J connectivity index is 1.98. The van der Waals surface area contributed by atoms with Gasteiger partial charge in [0.25, 0.3) is 0 Å². The van der Waals surface area contributed by atoms with Crippen molar-refractivity contribution in [2.45, 2.75) is 63.3 Å². The van der Waals surface area contributed by atoms with Crippen LogP contribution in [0.25, 0.3) is 11.2 Å². The van der Waals surface area contributed by atoms with Crippen LogP contribution < -0.4 is 11.5 Å². The number of aromatic nitrogens is 4. The van der Waals surface area contributed by atoms with Gasteiger partial charge in [-0.3, -0.25) is 4.57 Å². The minimum atomic E-state index is -2.17. The lowest BCUT2D eigenvalue weighted by atomic mass is 9.99. The van der Waals surface area contributed by atoms with Crippen LogP contribution in [0, 0.1) is 0 Å². The van der Waals surface area contributed by atoms with Crippen LogP contribution in [0.4, 0.5) is 11.8 Å². The van der Waals surface area contributed by atoms with Crippen molar-refractivity contribution in [3.63, 3.8) is 0 Å². The van der Waals surface area contributed by atoms with E-state index in [0.717, 1.165) is 0 Å². The van der Waals surface area contributed by atoms with Gasteiger partial charge < -0.3 is 30.8 Å². The van der Waals surface area contributed by atoms with Crippen LogP contribution in [-0.4, -0.2) is 63.0 Å². The molecule has 0 aromatic carbocycles. The van der Waals surface area contributed by atoms with Crippen LogP contribution >= 0.6 is 0 Å². The summed E-state index contributed by atoms with van der Waals surface area (Å²) in [6.07, 6.45) is 0.937. The van der Waals surface area contributed by atoms with Gasteiger partial charge in [0.15, 0.2) is 19.8 Å². The maximum atomic E-state index is 10.1. The van der Waals surface area contributed by atoms with Gasteiger partial charge in [0.05, 0.1) is 25.6 Å². The van der Waals surface area contributed by atoms with E-state index >= 15 is 0 Å². The number of nitrogens with zero attached hydrogens (tertiary/aromatic N) is 4. The van der Waals surface area contributed by atoms with E-state index in [1.165, 1.54) is 0 Å². The average molecular weight is 411 g/mol. The molecule has 6 N–H and O–H groups in total. The summed E-state index contributed by atoms with van der Waals surface area (Å²) in [6, 6.07) is 0. The summed E-state index contributed by atoms with van der Waals surface area (Å²) in [5, 5.41) is 20.1. The summed E-state index contributed by atoms with van der Waals surface area (Å²) in [5.74, 6) is 0.221. The number of anilines is 2. The highest BCUT2D eigenvalue weighted by atomic mass is 28.4. The number of rotatable bonds is 5. The van der Waals surface area contributed by atoms with Crippen molar-refractivity contribution in [3.05, 3.63) is 6.33 Å². The number of nitrogens with two attached hydrogens (primary N) is 2. The third-order valence-corrected chi connectivity index (χ3v) is 10.4. The van der Waals surface area contributed by atoms with Crippen molar-refractivity contribution in [2.75, 3.05) is 24.7 Å². The lowest BCUT2D eigenvalue weighted by Crippen LogP contribution is -2.54. The highest BCUT2D eigenvalue weighted by molar-refractivity contribution is 6.74. The highest BCUT2D eigenvalue weighted by Gasteiger charge is 2.53. The van der Waals surface area contributed by atoms with Crippen molar-refractivity contribution >= 4 is 31.2 Å². The summed E-state index contributed by atoms with van der Waals surface area (Å²) < 4.78 is 14.3. The van der Waals surface area contributed by atoms with Crippen LogP contribution in [0.5, 0.6) is 0 Å². The average Bonchev–Trinajstić information content (AvgIpc) is 3.15. The molecule has 1 saturated heterocycles. The molecule has 2 aromatic rings. The van der Waals surface area contributed by atoms with Crippen LogP contribution in [0.15, 0.2) is 6.33 Å². The molecule has 0 bridgehead atoms. The van der Waals surface area contributed by atoms with E-state index in [-0.39, 0.29) is 30.0 Å². The number of nitrogen functional groups attached to an aromatic ring is 2. The first-order chi connectivity index (χ1) is 12.9. The molecule has 1 aliphatic heterocycles. The molecule has 0 spiro atoms. The van der Waals surface area contributed by atoms with Crippen LogP contribution in [0.2, 0.25) is 18.1 Å². The molecule has 1 aliphatic rings. The first-order valence-corrected chi connectivity index (χ1v) is 12.2. The van der Waals surface area contributed by atoms with E-state index in [0.29, 0.717) is 17.6 Å². The van der Waals surface area contributed by atoms with Crippen molar-refractivity contribution in [3.8, 4) is 0 Å². The Labute approximate surface area is 165 Å². The first kappa shape index (κ1) is 20.9. The van der Waals surface area contributed by atoms with Gasteiger partial charge in [0.2, 0.25) is 5.95 Å². The zero-order valence-electron chi connectivity index (χ0n) is 17.0. The molecule has 156 valence electrons. The number of hydrogen-bond acceptors (Lipinski definition) is 9. The fourth-order valence-electron chi connectivity index (χ4n) is 3.15. The quantitative estimate of drug-likeness (QED) is 0.529. The molecule has 0 radical (unpaired) electrons. The van der Waals surface area contributed by atoms with Gasteiger partial charge in [-0.15, -0.1) is 0 Å². The Morgan fingerprint density at radius 2 is 1.93 bits per heavy atom. The Bertz CT molecular complexity index is 861. The molecular weight excluding hydrogens is 380 g/mol. The molecule has 28 heavy (non-hydrogen) atoms. The van der Waals surface area contributed by atoms with E-state index in [1.54, 1.807) is 10.9 Å². The summed E-state index contributed by atoms with van der Waals surface area (Å²) in [6.45, 7) is 9.92. The van der Waals surface area contributed by atoms with Gasteiger partial charge in [-0.25, -0.2) is 4.98 Å². The molecule has 10 nitrogen and oxygen atoms in total. The Morgan fingerprint density at radius 1 is 1.29 bits per heavy atom. The Morgan fingerprint density at radius 3 is 2.50 bits per heavy atom. The lowest BCUT2D eigenvalue weighted by molar-refractivity contribution is -0.146. The van der Waals surface area contributed by atoms with E-state index in [1.807, 2.05) is 0 Å². The number of hydrogen-bond donors (Lipinski definition) is 4. The summed E-state index contributed by atoms with van der Waals surface area (Å²) in [7, 11) is -2.17. The van der Waals surface area contributed by atoms with Gasteiger partial charge in [-0.1, -0.05) is 20.8 Å². The largest absolute Gasteiger partial charge is 0.411 e. The number of aliphatic hydroxyl groups is 2. The second kappa shape index (κ2) is 6.92. The second-order valence-corrected chi connectivity index (χ2v) is 13.6. The number of fused-ring (bicyclic) bond motifs is 1. The van der Waals surface area contributed by atoms with Crippen molar-refractivity contribution < 1.29 is 19.4 Å². The highest BCUT2D eigenvalue weighted by Crippen LogP contribution is 2.45. The Kier molecular flexibility index (Phi) is 5.17. The lowest BCUT2D eigenvalue weighted by Gasteiger charge is -2.42. The van der Waals surface area contributed by atoms with Crippen molar-refractivity contribution in [2.24, 2.45) is 0 Å². The van der Waals surface area contributed by atoms with Crippen molar-refractivity contribution in [1.82, 2.24) is 19.5 Å². The fraction of sp³-hybridized carbons (Fsp3) is 0.706. The molecule has 3 heterocycles. The van der Waals surface area contributed by atoms with Gasteiger partial charge in [0.1, 0.15) is 17.3 Å². The van der Waals surface area contributed by atoms with Gasteiger partial charge in [0, 0.05) is 6.42 Å². The zero-order chi connectivity index (χ0) is 20.9. The number of imidazole rings is 1. The molecule has 0 aliphatic carbocycles. The number of aliphatic hydroxyl groups excluding tert-OH is 2. The van der Waals surface area contributed by atoms with E-state index < -0.39 is 26.3 Å². The minimum Gasteiger partial charge on any atom is -0.411 e. The molecule has 11 heteroatoms. The van der Waals surface area contributed by atoms with Crippen LogP contribution in [0.1, 0.15) is 33.4 Å². The molecule has 1 unspecified atom stereocenters. The molecular formula is C17H30N6O4Si. The van der Waals surface area contributed by atoms with Gasteiger partial charge >= 0.3 is 0 Å². The minimum absolute atomic E-state index is 0.0282. The predicted octanol–water partition coefficient (Wildman–Crippen LogP) is 1.02. The molecule has 0 saturated carbocycles. The molecule has 2 aromatic heterocycles. The van der Waals surface area contributed by atoms with Crippen LogP contribution in [-0.2, 0) is 9.16 Å². The number of ether oxygens (including phenoxy) is 1. The zero-order valence-corrected chi connectivity index (χ0v) is 18.0. The monoisotopic (exact) mass is 410 g/mol. The third-order valence-electron chi connectivity index (χ3n) is 5.93. The van der Waals surface area contributed by atoms with Crippen molar-refractivity contribution in [1.29, 1.82) is 0 Å². The summed E-state index contributed by atoms with van der Waals surface area (Å²) in [5.41, 5.74) is 11.3. The topological polar surface area (TPSA) is 155 Å². The third kappa shape index (κ3) is 3.37. The van der Waals surface area contributed by atoms with Crippen LogP contribution in [0.3, 0.4) is 0 Å². The standard InChI is InChI=1S/C17H30N6O4Si/c1-16(2,3)28(4,5)27-10-6-11(26-17(10,7-24)8-25)23-9-20-12-13(18)21-15(19)22-14(12)23/h9-11,24-25H,6-8H2,1-5H3,(H4,18,19,21,22)/t10-,11?/m0/s1. The van der Waals surface area contributed by atoms with E-state index in [4.69, 9.17) is 20.6 Å². The fourth-order valence-corrected chi connectivity index (χ4v) is 4.52. The molecule has 3 rings (SSSR count). The van der Waals surface area contributed by atoms with E-state index in [2.05, 4.69) is 48.8 Å². The van der Waals surface area contributed by atoms with Gasteiger partial charge in [-0.05, 0) is 18.1 Å². The second-order valence-electron chi connectivity index (χ2n) is 8.85. The summed E-state index contributed by atoms with van der Waals surface area (Å²) in [4.78, 5) is 12.4. The SMILES string of the molecule is CC(C)(C)[Si](C)(C)O[C@H]1CC(n2cnc3c(N)nc(N)nc32)OC1(CO)CO. The molecule has 2 atom stereocenters. The van der Waals surface area contributed by atoms with E-state index in [9.17, 15) is 10.2 Å². The maximum Gasteiger partial charge on any atom is 0.224 e. The summed E-state index contributed by atoms with van der Waals surface area (Å²) >= 11 is 0. The molecule has 1 fully saturated rings. The normalized spacial score (nSPS) is 22.8. The predicted molar refractivity (Wildman–Crippen MR) is 108 cm³/mol. The Hall–Kier alpha value is -1.79.